The van der Waals surface area contributed by atoms with Gasteiger partial charge in [0.1, 0.15) is 0 Å². The van der Waals surface area contributed by atoms with E-state index in [4.69, 9.17) is 10.2 Å². The number of carbonyl (C=O) groups is 1. The molecule has 4 nitrogen and oxygen atoms in total. The lowest BCUT2D eigenvalue weighted by Gasteiger charge is -2.25. The molecule has 0 amide bonds. The van der Waals surface area contributed by atoms with Crippen molar-refractivity contribution in [1.82, 2.24) is 5.32 Å². The average Bonchev–Trinajstić information content (AvgIpc) is 2.63. The fourth-order valence-electron chi connectivity index (χ4n) is 1.28. The van der Waals surface area contributed by atoms with Crippen LogP contribution in [0.5, 0.6) is 0 Å². The third-order valence-electron chi connectivity index (χ3n) is 2.38. The van der Waals surface area contributed by atoms with Crippen LogP contribution in [0.4, 0.5) is 0 Å². The Balaban J connectivity index is 2.51. The first-order chi connectivity index (χ1) is 7.44. The molecule has 90 valence electrons. The van der Waals surface area contributed by atoms with E-state index in [2.05, 4.69) is 5.32 Å². The molecule has 0 radical (unpaired) electrons. The van der Waals surface area contributed by atoms with Crippen molar-refractivity contribution in [2.24, 2.45) is 0 Å². The van der Waals surface area contributed by atoms with Crippen molar-refractivity contribution in [3.8, 4) is 0 Å². The molecule has 0 bridgehead atoms. The van der Waals surface area contributed by atoms with Crippen LogP contribution in [0.3, 0.4) is 0 Å². The van der Waals surface area contributed by atoms with Crippen LogP contribution < -0.4 is 5.32 Å². The molecule has 1 aromatic rings. The lowest BCUT2D eigenvalue weighted by Crippen LogP contribution is -2.39. The van der Waals surface area contributed by atoms with E-state index >= 15 is 0 Å². The van der Waals surface area contributed by atoms with E-state index in [9.17, 15) is 4.79 Å². The number of rotatable bonds is 6. The van der Waals surface area contributed by atoms with Crippen molar-refractivity contribution < 1.29 is 15.0 Å². The van der Waals surface area contributed by atoms with Gasteiger partial charge in [-0.3, -0.25) is 0 Å². The van der Waals surface area contributed by atoms with Gasteiger partial charge in [0.2, 0.25) is 0 Å². The Morgan fingerprint density at radius 1 is 1.56 bits per heavy atom. The second-order valence-corrected chi connectivity index (χ2v) is 5.31. The van der Waals surface area contributed by atoms with E-state index in [1.54, 1.807) is 11.4 Å². The number of aliphatic hydroxyl groups excluding tert-OH is 1. The number of nitrogens with one attached hydrogen (secondary N) is 1. The summed E-state index contributed by atoms with van der Waals surface area (Å²) in [5.74, 6) is -0.892. The molecule has 0 atom stereocenters. The minimum Gasteiger partial charge on any atom is -0.478 e. The van der Waals surface area contributed by atoms with E-state index in [0.717, 1.165) is 4.88 Å². The topological polar surface area (TPSA) is 69.6 Å². The highest BCUT2D eigenvalue weighted by Gasteiger charge is 2.16. The summed E-state index contributed by atoms with van der Waals surface area (Å²) in [6, 6.07) is 1.68. The minimum absolute atomic E-state index is 0.137. The second kappa shape index (κ2) is 5.43. The Bertz CT molecular complexity index is 360. The number of hydrogen-bond acceptors (Lipinski definition) is 4. The molecule has 0 fully saturated rings. The first-order valence-electron chi connectivity index (χ1n) is 5.11. The van der Waals surface area contributed by atoms with Crippen LogP contribution in [0.2, 0.25) is 0 Å². The summed E-state index contributed by atoms with van der Waals surface area (Å²) in [5.41, 5.74) is 0.198. The highest BCUT2D eigenvalue weighted by Crippen LogP contribution is 2.16. The van der Waals surface area contributed by atoms with Gasteiger partial charge in [-0.2, -0.15) is 0 Å². The van der Waals surface area contributed by atoms with Crippen molar-refractivity contribution in [2.75, 3.05) is 6.61 Å². The fraction of sp³-hybridized carbons (Fsp3) is 0.545. The minimum atomic E-state index is -0.892. The van der Waals surface area contributed by atoms with Crippen molar-refractivity contribution in [3.05, 3.63) is 21.9 Å². The molecule has 0 spiro atoms. The largest absolute Gasteiger partial charge is 0.478 e. The number of hydrogen-bond donors (Lipinski definition) is 3. The molecule has 3 N–H and O–H groups in total. The first kappa shape index (κ1) is 13.2. The molecule has 0 aliphatic heterocycles. The summed E-state index contributed by atoms with van der Waals surface area (Å²) in [6.07, 6.45) is 0.671. The van der Waals surface area contributed by atoms with Crippen LogP contribution in [-0.4, -0.2) is 28.3 Å². The molecular weight excluding hydrogens is 226 g/mol. The number of carboxylic acids is 1. The van der Waals surface area contributed by atoms with Gasteiger partial charge in [-0.1, -0.05) is 0 Å². The molecule has 16 heavy (non-hydrogen) atoms. The quantitative estimate of drug-likeness (QED) is 0.711. The standard InChI is InChI=1S/C11H17NO3S/c1-11(2,3-4-13)12-6-9-5-8(7-16-9)10(14)15/h5,7,12-13H,3-4,6H2,1-2H3,(H,14,15). The molecule has 1 aromatic heterocycles. The van der Waals surface area contributed by atoms with Crippen LogP contribution in [0, 0.1) is 0 Å². The second-order valence-electron chi connectivity index (χ2n) is 4.32. The third kappa shape index (κ3) is 3.92. The van der Waals surface area contributed by atoms with Crippen LogP contribution >= 0.6 is 11.3 Å². The molecule has 0 aliphatic carbocycles. The predicted octanol–water partition coefficient (Wildman–Crippen LogP) is 1.70. The predicted molar refractivity (Wildman–Crippen MR) is 63.9 cm³/mol. The normalized spacial score (nSPS) is 11.7. The molecular formula is C11H17NO3S. The maximum absolute atomic E-state index is 10.7. The van der Waals surface area contributed by atoms with Crippen LogP contribution in [0.15, 0.2) is 11.4 Å². The Hall–Kier alpha value is -0.910. The van der Waals surface area contributed by atoms with Gasteiger partial charge in [0, 0.05) is 28.9 Å². The van der Waals surface area contributed by atoms with E-state index in [1.165, 1.54) is 11.3 Å². The Morgan fingerprint density at radius 2 is 2.25 bits per heavy atom. The van der Waals surface area contributed by atoms with Gasteiger partial charge in [0.05, 0.1) is 5.56 Å². The van der Waals surface area contributed by atoms with Gasteiger partial charge in [-0.25, -0.2) is 4.79 Å². The highest BCUT2D eigenvalue weighted by molar-refractivity contribution is 7.10. The third-order valence-corrected chi connectivity index (χ3v) is 3.32. The lowest BCUT2D eigenvalue weighted by molar-refractivity contribution is 0.0697. The van der Waals surface area contributed by atoms with Gasteiger partial charge >= 0.3 is 5.97 Å². The molecule has 1 rings (SSSR count). The number of thiophene rings is 1. The monoisotopic (exact) mass is 243 g/mol. The summed E-state index contributed by atoms with van der Waals surface area (Å²) in [4.78, 5) is 11.7. The first-order valence-corrected chi connectivity index (χ1v) is 5.99. The van der Waals surface area contributed by atoms with Crippen molar-refractivity contribution in [3.63, 3.8) is 0 Å². The van der Waals surface area contributed by atoms with Crippen LogP contribution in [0.25, 0.3) is 0 Å². The van der Waals surface area contributed by atoms with E-state index < -0.39 is 5.97 Å². The van der Waals surface area contributed by atoms with Crippen LogP contribution in [-0.2, 0) is 6.54 Å². The Morgan fingerprint density at radius 3 is 2.75 bits per heavy atom. The van der Waals surface area contributed by atoms with Crippen molar-refractivity contribution in [2.45, 2.75) is 32.4 Å². The van der Waals surface area contributed by atoms with Gasteiger partial charge in [-0.15, -0.1) is 11.3 Å². The zero-order valence-corrected chi connectivity index (χ0v) is 10.3. The number of aromatic carboxylic acids is 1. The summed E-state index contributed by atoms with van der Waals surface area (Å²) in [5, 5.41) is 22.5. The molecule has 0 unspecified atom stereocenters. The van der Waals surface area contributed by atoms with Crippen molar-refractivity contribution >= 4 is 17.3 Å². The smallest absolute Gasteiger partial charge is 0.336 e. The molecule has 0 aromatic carbocycles. The molecule has 0 aliphatic rings. The number of carboxylic acid groups (broad SMARTS) is 1. The summed E-state index contributed by atoms with van der Waals surface area (Å²) in [7, 11) is 0. The highest BCUT2D eigenvalue weighted by atomic mass is 32.1. The molecule has 5 heteroatoms. The van der Waals surface area contributed by atoms with Gasteiger partial charge < -0.3 is 15.5 Å². The maximum Gasteiger partial charge on any atom is 0.336 e. The zero-order valence-electron chi connectivity index (χ0n) is 9.49. The van der Waals surface area contributed by atoms with Gasteiger partial charge in [-0.05, 0) is 26.3 Å². The SMILES string of the molecule is CC(C)(CCO)NCc1cc(C(=O)O)cs1. The molecule has 0 saturated carbocycles. The van der Waals surface area contributed by atoms with E-state index in [-0.39, 0.29) is 12.1 Å². The fourth-order valence-corrected chi connectivity index (χ4v) is 2.08. The summed E-state index contributed by atoms with van der Waals surface area (Å²) >= 11 is 1.43. The summed E-state index contributed by atoms with van der Waals surface area (Å²) < 4.78 is 0. The van der Waals surface area contributed by atoms with Crippen LogP contribution in [0.1, 0.15) is 35.5 Å². The Kier molecular flexibility index (Phi) is 4.46. The maximum atomic E-state index is 10.7. The lowest BCUT2D eigenvalue weighted by atomic mass is 10.0. The number of aliphatic hydroxyl groups is 1. The van der Waals surface area contributed by atoms with E-state index in [0.29, 0.717) is 18.5 Å². The molecule has 0 saturated heterocycles. The average molecular weight is 243 g/mol. The summed E-state index contributed by atoms with van der Waals surface area (Å²) in [6.45, 7) is 4.79. The molecule has 1 heterocycles. The van der Waals surface area contributed by atoms with Gasteiger partial charge in [0.25, 0.3) is 0 Å². The van der Waals surface area contributed by atoms with Crippen molar-refractivity contribution in [1.29, 1.82) is 0 Å². The van der Waals surface area contributed by atoms with Gasteiger partial charge in [0.15, 0.2) is 0 Å². The van der Waals surface area contributed by atoms with E-state index in [1.807, 2.05) is 13.8 Å². The zero-order chi connectivity index (χ0) is 12.2. The Labute approximate surface area is 98.9 Å².